The third-order valence-electron chi connectivity index (χ3n) is 6.30. The van der Waals surface area contributed by atoms with E-state index in [1.54, 1.807) is 17.5 Å². The maximum absolute atomic E-state index is 13.1. The number of nitrogens with zero attached hydrogens (tertiary/aromatic N) is 1. The molecule has 0 spiro atoms. The van der Waals surface area contributed by atoms with Crippen LogP contribution in [0.25, 0.3) is 16.0 Å². The Bertz CT molecular complexity index is 1430. The topological polar surface area (TPSA) is 108 Å². The monoisotopic (exact) mass is 472 g/mol. The summed E-state index contributed by atoms with van der Waals surface area (Å²) in [7, 11) is -4.02. The van der Waals surface area contributed by atoms with Crippen molar-refractivity contribution in [3.63, 3.8) is 0 Å². The van der Waals surface area contributed by atoms with Crippen LogP contribution in [-0.4, -0.2) is 25.0 Å². The SMILES string of the molecule is Cc1c(-c2cc3c(s2)CCCC3N)ccn2c(=O)c(C(=O)OS(C)(=O)=O)cc(C3CC3)c12. The lowest BCUT2D eigenvalue weighted by Gasteiger charge is -2.17. The normalized spacial score (nSPS) is 18.5. The van der Waals surface area contributed by atoms with E-state index >= 15 is 0 Å². The fraction of sp³-hybridized carbons (Fsp3) is 0.391. The molecule has 1 saturated carbocycles. The van der Waals surface area contributed by atoms with Crippen LogP contribution < -0.4 is 11.3 Å². The molecule has 0 aromatic carbocycles. The van der Waals surface area contributed by atoms with Gasteiger partial charge in [-0.2, -0.15) is 8.42 Å². The first kappa shape index (κ1) is 21.4. The van der Waals surface area contributed by atoms with Crippen molar-refractivity contribution in [2.24, 2.45) is 5.73 Å². The van der Waals surface area contributed by atoms with E-state index in [-0.39, 0.29) is 17.5 Å². The van der Waals surface area contributed by atoms with Gasteiger partial charge in [0, 0.05) is 22.0 Å². The van der Waals surface area contributed by atoms with Gasteiger partial charge in [-0.1, -0.05) is 0 Å². The summed E-state index contributed by atoms with van der Waals surface area (Å²) in [6, 6.07) is 5.65. The maximum Gasteiger partial charge on any atom is 0.359 e. The van der Waals surface area contributed by atoms with Crippen LogP contribution in [0.4, 0.5) is 0 Å². The van der Waals surface area contributed by atoms with Gasteiger partial charge in [0.25, 0.3) is 5.56 Å². The lowest BCUT2D eigenvalue weighted by molar-refractivity contribution is 0.0746. The second-order valence-electron chi connectivity index (χ2n) is 8.73. The van der Waals surface area contributed by atoms with Crippen LogP contribution in [-0.2, 0) is 20.7 Å². The van der Waals surface area contributed by atoms with Gasteiger partial charge >= 0.3 is 16.1 Å². The minimum atomic E-state index is -4.02. The van der Waals surface area contributed by atoms with Gasteiger partial charge in [0.05, 0.1) is 11.8 Å². The van der Waals surface area contributed by atoms with E-state index in [1.165, 1.54) is 20.9 Å². The number of carbonyl (C=O) groups is 1. The molecule has 1 fully saturated rings. The standard InChI is InChI=1S/C23H24N2O5S2/c1-12-14(20-11-16-18(24)4-3-5-19(16)31-20)8-9-25-21(12)15(13-6-7-13)10-17(22(25)26)23(27)30-32(2,28)29/h8-11,13,18H,3-7,24H2,1-2H3. The van der Waals surface area contributed by atoms with Crippen molar-refractivity contribution in [2.45, 2.75) is 51.0 Å². The van der Waals surface area contributed by atoms with E-state index in [0.29, 0.717) is 0 Å². The zero-order valence-electron chi connectivity index (χ0n) is 17.9. The minimum Gasteiger partial charge on any atom is -0.341 e. The molecule has 3 aromatic heterocycles. The number of thiophene rings is 1. The van der Waals surface area contributed by atoms with Gasteiger partial charge in [-0.3, -0.25) is 9.20 Å². The van der Waals surface area contributed by atoms with E-state index in [9.17, 15) is 18.0 Å². The molecule has 7 nitrogen and oxygen atoms in total. The van der Waals surface area contributed by atoms with Gasteiger partial charge in [0.2, 0.25) is 0 Å². The predicted octanol–water partition coefficient (Wildman–Crippen LogP) is 3.67. The van der Waals surface area contributed by atoms with Crippen molar-refractivity contribution in [2.75, 3.05) is 6.26 Å². The van der Waals surface area contributed by atoms with Crippen LogP contribution in [0.2, 0.25) is 0 Å². The van der Waals surface area contributed by atoms with Crippen molar-refractivity contribution < 1.29 is 17.4 Å². The number of aryl methyl sites for hydroxylation is 2. The van der Waals surface area contributed by atoms with Crippen molar-refractivity contribution in [1.29, 1.82) is 0 Å². The Morgan fingerprint density at radius 1 is 1.22 bits per heavy atom. The first-order chi connectivity index (χ1) is 15.1. The van der Waals surface area contributed by atoms with Crippen LogP contribution in [0.3, 0.4) is 0 Å². The van der Waals surface area contributed by atoms with Gasteiger partial charge in [-0.15, -0.1) is 11.3 Å². The highest BCUT2D eigenvalue weighted by molar-refractivity contribution is 7.86. The molecule has 9 heteroatoms. The summed E-state index contributed by atoms with van der Waals surface area (Å²) in [5.41, 5.74) is 10.4. The summed E-state index contributed by atoms with van der Waals surface area (Å²) in [4.78, 5) is 28.0. The van der Waals surface area contributed by atoms with Crippen molar-refractivity contribution in [1.82, 2.24) is 4.40 Å². The molecule has 3 aromatic rings. The minimum absolute atomic E-state index is 0.0672. The first-order valence-electron chi connectivity index (χ1n) is 10.6. The second-order valence-corrected chi connectivity index (χ2v) is 11.4. The molecule has 0 saturated heterocycles. The van der Waals surface area contributed by atoms with E-state index in [2.05, 4.69) is 10.2 Å². The molecule has 168 valence electrons. The molecule has 0 radical (unpaired) electrons. The Balaban J connectivity index is 1.70. The number of aromatic nitrogens is 1. The average molecular weight is 473 g/mol. The van der Waals surface area contributed by atoms with Gasteiger partial charge in [0.1, 0.15) is 5.56 Å². The van der Waals surface area contributed by atoms with E-state index < -0.39 is 21.6 Å². The van der Waals surface area contributed by atoms with Crippen molar-refractivity contribution >= 4 is 32.9 Å². The van der Waals surface area contributed by atoms with Crippen LogP contribution in [0.5, 0.6) is 0 Å². The Morgan fingerprint density at radius 2 is 1.97 bits per heavy atom. The fourth-order valence-corrected chi connectivity index (χ4v) is 6.34. The third kappa shape index (κ3) is 3.68. The van der Waals surface area contributed by atoms with Crippen LogP contribution in [0, 0.1) is 6.92 Å². The molecule has 0 bridgehead atoms. The van der Waals surface area contributed by atoms with Crippen molar-refractivity contribution in [3.05, 3.63) is 61.9 Å². The van der Waals surface area contributed by atoms with Crippen LogP contribution in [0.15, 0.2) is 29.2 Å². The lowest BCUT2D eigenvalue weighted by atomic mass is 9.93. The Kier molecular flexibility index (Phi) is 5.03. The first-order valence-corrected chi connectivity index (χ1v) is 13.3. The number of fused-ring (bicyclic) bond motifs is 2. The zero-order valence-corrected chi connectivity index (χ0v) is 19.5. The fourth-order valence-electron chi connectivity index (χ4n) is 4.62. The summed E-state index contributed by atoms with van der Waals surface area (Å²) in [6.07, 6.45) is 7.50. The van der Waals surface area contributed by atoms with Gasteiger partial charge in [0.15, 0.2) is 0 Å². The predicted molar refractivity (Wildman–Crippen MR) is 124 cm³/mol. The third-order valence-corrected chi connectivity index (χ3v) is 8.00. The molecule has 0 aliphatic heterocycles. The second kappa shape index (κ2) is 7.54. The largest absolute Gasteiger partial charge is 0.359 e. The van der Waals surface area contributed by atoms with E-state index in [0.717, 1.165) is 65.4 Å². The van der Waals surface area contributed by atoms with Gasteiger partial charge in [-0.25, -0.2) is 4.79 Å². The smallest absolute Gasteiger partial charge is 0.341 e. The number of carbonyl (C=O) groups excluding carboxylic acids is 1. The Hall–Kier alpha value is -2.49. The summed E-state index contributed by atoms with van der Waals surface area (Å²) in [6.45, 7) is 1.99. The molecule has 3 heterocycles. The Morgan fingerprint density at radius 3 is 2.62 bits per heavy atom. The average Bonchev–Trinajstić information content (AvgIpc) is 3.46. The molecular formula is C23H24N2O5S2. The number of hydrogen-bond acceptors (Lipinski definition) is 7. The molecular weight excluding hydrogens is 448 g/mol. The molecule has 2 N–H and O–H groups in total. The van der Waals surface area contributed by atoms with Crippen LogP contribution in [0.1, 0.15) is 69.6 Å². The quantitative estimate of drug-likeness (QED) is 0.581. The van der Waals surface area contributed by atoms with E-state index in [1.807, 2.05) is 13.0 Å². The highest BCUT2D eigenvalue weighted by Crippen LogP contribution is 2.45. The number of pyridine rings is 2. The van der Waals surface area contributed by atoms with Crippen molar-refractivity contribution in [3.8, 4) is 10.4 Å². The lowest BCUT2D eigenvalue weighted by Crippen LogP contribution is -2.26. The zero-order chi connectivity index (χ0) is 22.8. The molecule has 2 aliphatic carbocycles. The molecule has 0 amide bonds. The molecule has 2 aliphatic rings. The van der Waals surface area contributed by atoms with Crippen LogP contribution >= 0.6 is 11.3 Å². The number of hydrogen-bond donors (Lipinski definition) is 1. The maximum atomic E-state index is 13.1. The summed E-state index contributed by atoms with van der Waals surface area (Å²) >= 11 is 1.76. The van der Waals surface area contributed by atoms with Gasteiger partial charge < -0.3 is 9.92 Å². The molecule has 1 unspecified atom stereocenters. The summed E-state index contributed by atoms with van der Waals surface area (Å²) in [5, 5.41) is 0. The molecule has 1 atom stereocenters. The number of rotatable bonds is 4. The highest BCUT2D eigenvalue weighted by Gasteiger charge is 2.31. The Labute approximate surface area is 190 Å². The van der Waals surface area contributed by atoms with E-state index in [4.69, 9.17) is 5.73 Å². The molecule has 5 rings (SSSR count). The summed E-state index contributed by atoms with van der Waals surface area (Å²) < 4.78 is 28.8. The van der Waals surface area contributed by atoms with Gasteiger partial charge in [-0.05, 0) is 85.4 Å². The number of nitrogens with two attached hydrogens (primary N) is 1. The highest BCUT2D eigenvalue weighted by atomic mass is 32.2. The molecule has 32 heavy (non-hydrogen) atoms. The summed E-state index contributed by atoms with van der Waals surface area (Å²) in [5.74, 6) is -0.912.